The molecule has 0 aliphatic carbocycles. The van der Waals surface area contributed by atoms with Gasteiger partial charge in [0.15, 0.2) is 5.57 Å². The summed E-state index contributed by atoms with van der Waals surface area (Å²) in [5, 5.41) is 11.5. The molecule has 0 aromatic carbocycles. The third kappa shape index (κ3) is 3.50. The molecule has 0 spiro atoms. The van der Waals surface area contributed by atoms with Crippen molar-refractivity contribution in [2.75, 3.05) is 13.1 Å². The van der Waals surface area contributed by atoms with Crippen LogP contribution in [0.25, 0.3) is 11.6 Å². The molecular formula is C18H17N3O2S2. The van der Waals surface area contributed by atoms with Gasteiger partial charge in [-0.2, -0.15) is 5.26 Å². The molecule has 0 N–H and O–H groups in total. The summed E-state index contributed by atoms with van der Waals surface area (Å²) in [6.45, 7) is 5.27. The minimum Gasteiger partial charge on any atom is -0.338 e. The SMILES string of the molecule is C=CCn1c(=C(C#N)C(=O)N2CCCC2)sc(=Cc2cccs2)c1=O. The fourth-order valence-electron chi connectivity index (χ4n) is 2.77. The second kappa shape index (κ2) is 7.64. The van der Waals surface area contributed by atoms with Crippen LogP contribution in [0.2, 0.25) is 0 Å². The molecule has 1 fully saturated rings. The molecule has 128 valence electrons. The molecule has 1 aliphatic heterocycles. The first-order valence-corrected chi connectivity index (χ1v) is 9.64. The number of allylic oxidation sites excluding steroid dienone is 1. The average molecular weight is 371 g/mol. The minimum atomic E-state index is -0.290. The lowest BCUT2D eigenvalue weighted by atomic mass is 10.3. The number of carbonyl (C=O) groups is 1. The molecule has 0 bridgehead atoms. The zero-order valence-electron chi connectivity index (χ0n) is 13.6. The van der Waals surface area contributed by atoms with E-state index in [0.29, 0.717) is 22.3 Å². The molecule has 3 rings (SSSR count). The van der Waals surface area contributed by atoms with Crippen molar-refractivity contribution in [3.05, 3.63) is 54.6 Å². The molecule has 1 aliphatic rings. The Bertz CT molecular complexity index is 1000. The number of thiophene rings is 1. The van der Waals surface area contributed by atoms with E-state index in [2.05, 4.69) is 6.58 Å². The molecule has 7 heteroatoms. The van der Waals surface area contributed by atoms with Crippen LogP contribution >= 0.6 is 22.7 Å². The average Bonchev–Trinajstić information content (AvgIpc) is 3.35. The minimum absolute atomic E-state index is 0.0386. The lowest BCUT2D eigenvalue weighted by Gasteiger charge is -2.13. The van der Waals surface area contributed by atoms with E-state index < -0.39 is 0 Å². The molecule has 2 aromatic rings. The van der Waals surface area contributed by atoms with Crippen molar-refractivity contribution < 1.29 is 4.79 Å². The van der Waals surface area contributed by atoms with Gasteiger partial charge >= 0.3 is 0 Å². The lowest BCUT2D eigenvalue weighted by Crippen LogP contribution is -2.35. The quantitative estimate of drug-likeness (QED) is 0.761. The highest BCUT2D eigenvalue weighted by atomic mass is 32.1. The summed E-state index contributed by atoms with van der Waals surface area (Å²) in [5.41, 5.74) is -0.160. The highest BCUT2D eigenvalue weighted by Crippen LogP contribution is 2.12. The van der Waals surface area contributed by atoms with Gasteiger partial charge in [0, 0.05) is 24.5 Å². The van der Waals surface area contributed by atoms with E-state index in [0.717, 1.165) is 17.7 Å². The predicted octanol–water partition coefficient (Wildman–Crippen LogP) is 1.28. The van der Waals surface area contributed by atoms with Crippen LogP contribution in [0.5, 0.6) is 0 Å². The molecule has 3 heterocycles. The zero-order chi connectivity index (χ0) is 17.8. The van der Waals surface area contributed by atoms with Gasteiger partial charge in [-0.3, -0.25) is 14.2 Å². The number of amides is 1. The van der Waals surface area contributed by atoms with Crippen LogP contribution in [0.15, 0.2) is 35.0 Å². The van der Waals surface area contributed by atoms with Gasteiger partial charge in [0.25, 0.3) is 11.5 Å². The molecule has 0 unspecified atom stereocenters. The second-order valence-corrected chi connectivity index (χ2v) is 7.63. The van der Waals surface area contributed by atoms with Gasteiger partial charge in [-0.25, -0.2) is 0 Å². The Morgan fingerprint density at radius 2 is 2.16 bits per heavy atom. The van der Waals surface area contributed by atoms with Crippen LogP contribution in [-0.2, 0) is 11.3 Å². The van der Waals surface area contributed by atoms with Gasteiger partial charge in [-0.15, -0.1) is 29.3 Å². The molecule has 25 heavy (non-hydrogen) atoms. The van der Waals surface area contributed by atoms with Crippen molar-refractivity contribution >= 4 is 40.2 Å². The van der Waals surface area contributed by atoms with Gasteiger partial charge in [0.2, 0.25) is 0 Å². The summed E-state index contributed by atoms with van der Waals surface area (Å²) in [5.74, 6) is -0.290. The van der Waals surface area contributed by atoms with Crippen molar-refractivity contribution in [1.29, 1.82) is 5.26 Å². The van der Waals surface area contributed by atoms with E-state index in [1.54, 1.807) is 17.1 Å². The summed E-state index contributed by atoms with van der Waals surface area (Å²) in [7, 11) is 0. The number of aromatic nitrogens is 1. The molecule has 2 aromatic heterocycles. The molecule has 1 saturated heterocycles. The highest BCUT2D eigenvalue weighted by Gasteiger charge is 2.23. The number of thiazole rings is 1. The molecule has 0 radical (unpaired) electrons. The fraction of sp³-hybridized carbons (Fsp3) is 0.278. The maximum absolute atomic E-state index is 12.7. The summed E-state index contributed by atoms with van der Waals surface area (Å²) >= 11 is 2.72. The number of nitriles is 1. The standard InChI is InChI=1S/C18H17N3O2S2/c1-2-7-21-17(23)15(11-13-6-5-10-24-13)25-18(21)14(12-19)16(22)20-8-3-4-9-20/h2,5-6,10-11H,1,3-4,7-9H2. The third-order valence-electron chi connectivity index (χ3n) is 3.97. The largest absolute Gasteiger partial charge is 0.338 e. The number of nitrogens with zero attached hydrogens (tertiary/aromatic N) is 3. The number of hydrogen-bond acceptors (Lipinski definition) is 5. The lowest BCUT2D eigenvalue weighted by molar-refractivity contribution is -0.123. The topological polar surface area (TPSA) is 66.1 Å². The third-order valence-corrected chi connectivity index (χ3v) is 5.92. The smallest absolute Gasteiger partial charge is 0.269 e. The first-order valence-electron chi connectivity index (χ1n) is 7.95. The van der Waals surface area contributed by atoms with Crippen LogP contribution in [0, 0.1) is 11.3 Å². The van der Waals surface area contributed by atoms with Crippen molar-refractivity contribution in [3.63, 3.8) is 0 Å². The summed E-state index contributed by atoms with van der Waals surface area (Å²) in [4.78, 5) is 28.1. The predicted molar refractivity (Wildman–Crippen MR) is 101 cm³/mol. The van der Waals surface area contributed by atoms with Crippen molar-refractivity contribution in [2.45, 2.75) is 19.4 Å². The Labute approximate surface area is 153 Å². The monoisotopic (exact) mass is 371 g/mol. The molecule has 0 atom stereocenters. The van der Waals surface area contributed by atoms with Crippen LogP contribution in [-0.4, -0.2) is 28.5 Å². The van der Waals surface area contributed by atoms with Gasteiger partial charge in [0.1, 0.15) is 10.7 Å². The summed E-state index contributed by atoms with van der Waals surface area (Å²) in [6.07, 6.45) is 5.30. The fourth-order valence-corrected chi connectivity index (χ4v) is 4.59. The maximum atomic E-state index is 12.7. The van der Waals surface area contributed by atoms with Crippen LogP contribution < -0.4 is 14.8 Å². The van der Waals surface area contributed by atoms with Crippen molar-refractivity contribution in [1.82, 2.24) is 9.47 Å². The first-order chi connectivity index (χ1) is 12.2. The van der Waals surface area contributed by atoms with Gasteiger partial charge < -0.3 is 4.90 Å². The first kappa shape index (κ1) is 17.4. The van der Waals surface area contributed by atoms with E-state index >= 15 is 0 Å². The Hall–Kier alpha value is -2.43. The maximum Gasteiger partial charge on any atom is 0.269 e. The molecule has 0 saturated carbocycles. The Morgan fingerprint density at radius 3 is 2.76 bits per heavy atom. The molecule has 1 amide bonds. The Morgan fingerprint density at radius 1 is 1.40 bits per heavy atom. The number of likely N-dealkylation sites (tertiary alicyclic amines) is 1. The van der Waals surface area contributed by atoms with E-state index in [1.165, 1.54) is 27.2 Å². The van der Waals surface area contributed by atoms with Crippen molar-refractivity contribution in [2.24, 2.45) is 0 Å². The van der Waals surface area contributed by atoms with Crippen LogP contribution in [0.1, 0.15) is 17.7 Å². The van der Waals surface area contributed by atoms with Gasteiger partial charge in [-0.1, -0.05) is 12.1 Å². The number of hydrogen-bond donors (Lipinski definition) is 0. The zero-order valence-corrected chi connectivity index (χ0v) is 15.2. The number of rotatable bonds is 4. The van der Waals surface area contributed by atoms with E-state index in [9.17, 15) is 14.9 Å². The summed E-state index contributed by atoms with van der Waals surface area (Å²) < 4.78 is 2.39. The van der Waals surface area contributed by atoms with Crippen molar-refractivity contribution in [3.8, 4) is 6.07 Å². The van der Waals surface area contributed by atoms with E-state index in [1.807, 2.05) is 23.6 Å². The van der Waals surface area contributed by atoms with E-state index in [-0.39, 0.29) is 23.6 Å². The van der Waals surface area contributed by atoms with Crippen LogP contribution in [0.4, 0.5) is 0 Å². The van der Waals surface area contributed by atoms with Gasteiger partial charge in [-0.05, 0) is 30.4 Å². The number of carbonyl (C=O) groups excluding carboxylic acids is 1. The second-order valence-electron chi connectivity index (χ2n) is 5.62. The van der Waals surface area contributed by atoms with Gasteiger partial charge in [0.05, 0.1) is 4.53 Å². The normalized spacial score (nSPS) is 16.0. The Kier molecular flexibility index (Phi) is 5.31. The Balaban J connectivity index is 2.23. The molecule has 5 nitrogen and oxygen atoms in total. The molecular weight excluding hydrogens is 354 g/mol. The summed E-state index contributed by atoms with van der Waals surface area (Å²) in [6, 6.07) is 5.86. The van der Waals surface area contributed by atoms with E-state index in [4.69, 9.17) is 0 Å². The van der Waals surface area contributed by atoms with Crippen LogP contribution in [0.3, 0.4) is 0 Å². The highest BCUT2D eigenvalue weighted by molar-refractivity contribution is 7.11.